The van der Waals surface area contributed by atoms with Gasteiger partial charge in [-0.05, 0) is 37.1 Å². The van der Waals surface area contributed by atoms with Gasteiger partial charge in [-0.15, -0.1) is 0 Å². The van der Waals surface area contributed by atoms with E-state index in [4.69, 9.17) is 14.9 Å². The lowest BCUT2D eigenvalue weighted by Crippen LogP contribution is -2.34. The minimum atomic E-state index is -0.876. The molecule has 8 heteroatoms. The van der Waals surface area contributed by atoms with Crippen molar-refractivity contribution in [1.29, 1.82) is 0 Å². The molecule has 3 amide bonds. The number of rotatable bonds is 6. The predicted octanol–water partition coefficient (Wildman–Crippen LogP) is 3.04. The number of benzene rings is 2. The highest BCUT2D eigenvalue weighted by atomic mass is 16.5. The van der Waals surface area contributed by atoms with Crippen molar-refractivity contribution in [3.63, 3.8) is 0 Å². The molecule has 4 rings (SSSR count). The van der Waals surface area contributed by atoms with Crippen LogP contribution in [0.15, 0.2) is 52.9 Å². The van der Waals surface area contributed by atoms with Crippen LogP contribution in [-0.2, 0) is 4.74 Å². The molecule has 0 spiro atoms. The summed E-state index contributed by atoms with van der Waals surface area (Å²) < 4.78 is 10.6. The Morgan fingerprint density at radius 2 is 1.71 bits per heavy atom. The first kappa shape index (κ1) is 17.7. The number of carbonyl (C=O) groups excluding carboxylic acids is 3. The van der Waals surface area contributed by atoms with Crippen molar-refractivity contribution in [2.24, 2.45) is 5.73 Å². The number of hydrogen-bond donors (Lipinski definition) is 1. The molecule has 0 saturated carbocycles. The summed E-state index contributed by atoms with van der Waals surface area (Å²) in [5, 5.41) is 0. The third-order valence-corrected chi connectivity index (χ3v) is 4.60. The van der Waals surface area contributed by atoms with Crippen molar-refractivity contribution in [1.82, 2.24) is 9.88 Å². The second kappa shape index (κ2) is 7.15. The quantitative estimate of drug-likeness (QED) is 0.520. The van der Waals surface area contributed by atoms with Gasteiger partial charge < -0.3 is 14.9 Å². The van der Waals surface area contributed by atoms with Crippen LogP contribution in [0.5, 0.6) is 0 Å². The highest BCUT2D eigenvalue weighted by Crippen LogP contribution is 2.35. The number of ether oxygens (including phenoxy) is 1. The van der Waals surface area contributed by atoms with E-state index < -0.39 is 23.9 Å². The van der Waals surface area contributed by atoms with Gasteiger partial charge in [-0.2, -0.15) is 0 Å². The molecule has 8 nitrogen and oxygen atoms in total. The molecular weight excluding hydrogens is 362 g/mol. The molecule has 28 heavy (non-hydrogen) atoms. The maximum absolute atomic E-state index is 12.9. The number of imide groups is 1. The Kier molecular flexibility index (Phi) is 4.52. The first-order valence-corrected chi connectivity index (χ1v) is 8.81. The molecule has 0 aliphatic carbocycles. The van der Waals surface area contributed by atoms with Crippen molar-refractivity contribution < 1.29 is 23.5 Å². The smallest absolute Gasteiger partial charge is 0.404 e. The summed E-state index contributed by atoms with van der Waals surface area (Å²) in [6, 6.07) is 13.1. The molecule has 142 valence electrons. The molecule has 0 bridgehead atoms. The van der Waals surface area contributed by atoms with Crippen LogP contribution in [0, 0.1) is 0 Å². The number of nitrogens with two attached hydrogens (primary N) is 1. The lowest BCUT2D eigenvalue weighted by atomic mass is 10.1. The van der Waals surface area contributed by atoms with Crippen LogP contribution in [0.3, 0.4) is 0 Å². The lowest BCUT2D eigenvalue weighted by Gasteiger charge is -2.23. The maximum Gasteiger partial charge on any atom is 0.404 e. The summed E-state index contributed by atoms with van der Waals surface area (Å²) >= 11 is 0. The molecule has 0 fully saturated rings. The van der Waals surface area contributed by atoms with E-state index in [1.165, 1.54) is 4.90 Å². The van der Waals surface area contributed by atoms with Crippen LogP contribution in [-0.4, -0.2) is 34.4 Å². The van der Waals surface area contributed by atoms with Crippen molar-refractivity contribution in [3.8, 4) is 0 Å². The second-order valence-electron chi connectivity index (χ2n) is 6.37. The predicted molar refractivity (Wildman–Crippen MR) is 98.5 cm³/mol. The van der Waals surface area contributed by atoms with Gasteiger partial charge in [0.05, 0.1) is 17.7 Å². The average molecular weight is 379 g/mol. The van der Waals surface area contributed by atoms with Crippen molar-refractivity contribution >= 4 is 29.0 Å². The van der Waals surface area contributed by atoms with Gasteiger partial charge in [0.1, 0.15) is 11.6 Å². The first-order valence-electron chi connectivity index (χ1n) is 8.81. The van der Waals surface area contributed by atoms with E-state index in [-0.39, 0.29) is 12.5 Å². The number of aromatic nitrogens is 1. The monoisotopic (exact) mass is 379 g/mol. The largest absolute Gasteiger partial charge is 0.450 e. The summed E-state index contributed by atoms with van der Waals surface area (Å²) in [5.74, 6) is -0.540. The highest BCUT2D eigenvalue weighted by molar-refractivity contribution is 6.21. The van der Waals surface area contributed by atoms with E-state index in [1.54, 1.807) is 36.4 Å². The SMILES string of the molecule is NC(=O)OCCC[C@@H](c1nc2ccccc2o1)N1C(=O)c2ccccc2C1=O. The van der Waals surface area contributed by atoms with Gasteiger partial charge in [0.2, 0.25) is 5.89 Å². The molecule has 1 aliphatic heterocycles. The van der Waals surface area contributed by atoms with E-state index in [0.29, 0.717) is 35.1 Å². The normalized spacial score (nSPS) is 14.4. The molecule has 1 aromatic heterocycles. The average Bonchev–Trinajstić information content (AvgIpc) is 3.22. The molecule has 2 N–H and O–H groups in total. The first-order chi connectivity index (χ1) is 13.6. The summed E-state index contributed by atoms with van der Waals surface area (Å²) in [6.07, 6.45) is -0.190. The van der Waals surface area contributed by atoms with Gasteiger partial charge in [-0.1, -0.05) is 24.3 Å². The lowest BCUT2D eigenvalue weighted by molar-refractivity contribution is 0.0538. The number of amides is 3. The van der Waals surface area contributed by atoms with Gasteiger partial charge in [-0.3, -0.25) is 14.5 Å². The Hall–Kier alpha value is -3.68. The van der Waals surface area contributed by atoms with Gasteiger partial charge in [-0.25, -0.2) is 9.78 Å². The van der Waals surface area contributed by atoms with Crippen molar-refractivity contribution in [3.05, 3.63) is 65.5 Å². The zero-order valence-corrected chi connectivity index (χ0v) is 14.8. The number of nitrogens with zero attached hydrogens (tertiary/aromatic N) is 2. The Balaban J connectivity index is 1.68. The van der Waals surface area contributed by atoms with Crippen molar-refractivity contribution in [2.45, 2.75) is 18.9 Å². The Morgan fingerprint density at radius 1 is 1.07 bits per heavy atom. The fraction of sp³-hybridized carbons (Fsp3) is 0.200. The molecule has 1 atom stereocenters. The van der Waals surface area contributed by atoms with E-state index in [0.717, 1.165) is 0 Å². The molecule has 3 aromatic rings. The van der Waals surface area contributed by atoms with Gasteiger partial charge in [0.15, 0.2) is 5.58 Å². The van der Waals surface area contributed by atoms with Crippen LogP contribution >= 0.6 is 0 Å². The van der Waals surface area contributed by atoms with E-state index in [1.807, 2.05) is 12.1 Å². The molecule has 0 unspecified atom stereocenters. The van der Waals surface area contributed by atoms with Crippen LogP contribution in [0.1, 0.15) is 45.5 Å². The second-order valence-corrected chi connectivity index (χ2v) is 6.37. The molecule has 1 aliphatic rings. The highest BCUT2D eigenvalue weighted by Gasteiger charge is 2.42. The van der Waals surface area contributed by atoms with E-state index in [2.05, 4.69) is 4.98 Å². The third kappa shape index (κ3) is 3.09. The molecular formula is C20H17N3O5. The van der Waals surface area contributed by atoms with E-state index in [9.17, 15) is 14.4 Å². The van der Waals surface area contributed by atoms with Crippen LogP contribution in [0.4, 0.5) is 4.79 Å². The van der Waals surface area contributed by atoms with E-state index >= 15 is 0 Å². The van der Waals surface area contributed by atoms with Gasteiger partial charge in [0.25, 0.3) is 11.8 Å². The number of carbonyl (C=O) groups is 3. The fourth-order valence-corrected chi connectivity index (χ4v) is 3.34. The summed E-state index contributed by atoms with van der Waals surface area (Å²) in [7, 11) is 0. The van der Waals surface area contributed by atoms with Gasteiger partial charge in [0, 0.05) is 0 Å². The fourth-order valence-electron chi connectivity index (χ4n) is 3.34. The van der Waals surface area contributed by atoms with Crippen molar-refractivity contribution in [2.75, 3.05) is 6.61 Å². The standard InChI is InChI=1S/C20H17N3O5/c21-20(26)27-11-5-9-15(17-22-14-8-3-4-10-16(14)28-17)23-18(24)12-6-1-2-7-13(12)19(23)25/h1-4,6-8,10,15H,5,9,11H2,(H2,21,26)/t15-/m0/s1. The zero-order chi connectivity index (χ0) is 19.7. The topological polar surface area (TPSA) is 116 Å². The Morgan fingerprint density at radius 3 is 2.36 bits per heavy atom. The molecule has 0 radical (unpaired) electrons. The number of para-hydroxylation sites is 2. The zero-order valence-electron chi connectivity index (χ0n) is 14.8. The Bertz CT molecular complexity index is 1010. The summed E-state index contributed by atoms with van der Waals surface area (Å²) in [5.41, 5.74) is 6.88. The molecule has 2 aromatic carbocycles. The number of hydrogen-bond acceptors (Lipinski definition) is 6. The summed E-state index contributed by atoms with van der Waals surface area (Å²) in [4.78, 5) is 42.2. The molecule has 0 saturated heterocycles. The number of oxazole rings is 1. The minimum absolute atomic E-state index is 0.0647. The number of fused-ring (bicyclic) bond motifs is 2. The van der Waals surface area contributed by atoms with Crippen LogP contribution < -0.4 is 5.73 Å². The summed E-state index contributed by atoms with van der Waals surface area (Å²) in [6.45, 7) is 0.0647. The third-order valence-electron chi connectivity index (χ3n) is 4.60. The number of primary amides is 1. The maximum atomic E-state index is 12.9. The van der Waals surface area contributed by atoms with Crippen LogP contribution in [0.25, 0.3) is 11.1 Å². The minimum Gasteiger partial charge on any atom is -0.450 e. The van der Waals surface area contributed by atoms with Crippen LogP contribution in [0.2, 0.25) is 0 Å². The van der Waals surface area contributed by atoms with Gasteiger partial charge >= 0.3 is 6.09 Å². The Labute approximate surface area is 159 Å². The molecule has 2 heterocycles.